The Kier molecular flexibility index (Phi) is 3.77. The molecule has 0 fully saturated rings. The standard InChI is InChI=1S/C17H17NO3/c1-20-13-8-6-12(7-9-13)10-17(19)18-15-11-21-16-5-3-2-4-14(15)16/h2-9,15H,10-11H2,1H3,(H,18,19). The van der Waals surface area contributed by atoms with Crippen molar-refractivity contribution in [1.29, 1.82) is 0 Å². The van der Waals surface area contributed by atoms with E-state index in [1.807, 2.05) is 48.5 Å². The number of rotatable bonds is 4. The van der Waals surface area contributed by atoms with E-state index in [-0.39, 0.29) is 11.9 Å². The first kappa shape index (κ1) is 13.5. The molecule has 2 aromatic carbocycles. The molecule has 0 bridgehead atoms. The maximum Gasteiger partial charge on any atom is 0.225 e. The van der Waals surface area contributed by atoms with Gasteiger partial charge in [-0.25, -0.2) is 0 Å². The van der Waals surface area contributed by atoms with E-state index in [2.05, 4.69) is 5.32 Å². The van der Waals surface area contributed by atoms with Gasteiger partial charge in [-0.2, -0.15) is 0 Å². The van der Waals surface area contributed by atoms with E-state index in [1.54, 1.807) is 7.11 Å². The lowest BCUT2D eigenvalue weighted by Gasteiger charge is -2.12. The summed E-state index contributed by atoms with van der Waals surface area (Å²) in [6.45, 7) is 0.494. The fraction of sp³-hybridized carbons (Fsp3) is 0.235. The number of hydrogen-bond donors (Lipinski definition) is 1. The first-order chi connectivity index (χ1) is 10.3. The highest BCUT2D eigenvalue weighted by molar-refractivity contribution is 5.79. The molecule has 1 aliphatic heterocycles. The predicted octanol–water partition coefficient (Wildman–Crippen LogP) is 2.49. The maximum atomic E-state index is 12.1. The lowest BCUT2D eigenvalue weighted by atomic mass is 10.1. The number of hydrogen-bond acceptors (Lipinski definition) is 3. The molecule has 108 valence electrons. The summed E-state index contributed by atoms with van der Waals surface area (Å²) in [5.41, 5.74) is 2.00. The van der Waals surface area contributed by atoms with Gasteiger partial charge in [0, 0.05) is 5.56 Å². The molecule has 0 saturated heterocycles. The number of amides is 1. The zero-order valence-corrected chi connectivity index (χ0v) is 11.8. The van der Waals surface area contributed by atoms with E-state index in [4.69, 9.17) is 9.47 Å². The molecule has 1 atom stereocenters. The predicted molar refractivity (Wildman–Crippen MR) is 79.5 cm³/mol. The van der Waals surface area contributed by atoms with Crippen molar-refractivity contribution in [2.75, 3.05) is 13.7 Å². The van der Waals surface area contributed by atoms with Crippen molar-refractivity contribution in [1.82, 2.24) is 5.32 Å². The molecule has 1 heterocycles. The second-order valence-corrected chi connectivity index (χ2v) is 4.99. The Morgan fingerprint density at radius 2 is 2.00 bits per heavy atom. The molecule has 0 saturated carbocycles. The Labute approximate surface area is 123 Å². The number of carbonyl (C=O) groups excluding carboxylic acids is 1. The van der Waals surface area contributed by atoms with Gasteiger partial charge in [-0.3, -0.25) is 4.79 Å². The summed E-state index contributed by atoms with van der Waals surface area (Å²) in [5, 5.41) is 3.02. The fourth-order valence-electron chi connectivity index (χ4n) is 2.46. The number of para-hydroxylation sites is 1. The zero-order chi connectivity index (χ0) is 14.7. The Balaban J connectivity index is 1.62. The monoisotopic (exact) mass is 283 g/mol. The van der Waals surface area contributed by atoms with Crippen molar-refractivity contribution < 1.29 is 14.3 Å². The van der Waals surface area contributed by atoms with Crippen molar-refractivity contribution in [3.05, 3.63) is 59.7 Å². The third-order valence-electron chi connectivity index (χ3n) is 3.56. The van der Waals surface area contributed by atoms with Crippen LogP contribution in [0, 0.1) is 0 Å². The zero-order valence-electron chi connectivity index (χ0n) is 11.8. The SMILES string of the molecule is COc1ccc(CC(=O)NC2COc3ccccc32)cc1. The molecule has 2 aromatic rings. The average Bonchev–Trinajstić information content (AvgIpc) is 2.91. The van der Waals surface area contributed by atoms with Crippen molar-refractivity contribution in [3.8, 4) is 11.5 Å². The van der Waals surface area contributed by atoms with Crippen molar-refractivity contribution in [2.24, 2.45) is 0 Å². The van der Waals surface area contributed by atoms with Gasteiger partial charge in [0.25, 0.3) is 0 Å². The minimum absolute atomic E-state index is 0.00882. The molecule has 0 aromatic heterocycles. The topological polar surface area (TPSA) is 47.6 Å². The summed E-state index contributed by atoms with van der Waals surface area (Å²) >= 11 is 0. The first-order valence-corrected chi connectivity index (χ1v) is 6.90. The van der Waals surface area contributed by atoms with Crippen LogP contribution in [0.5, 0.6) is 11.5 Å². The van der Waals surface area contributed by atoms with Crippen molar-refractivity contribution in [3.63, 3.8) is 0 Å². The van der Waals surface area contributed by atoms with Gasteiger partial charge in [0.15, 0.2) is 0 Å². The molecule has 3 rings (SSSR count). The summed E-state index contributed by atoms with van der Waals surface area (Å²) < 4.78 is 10.7. The molecule has 1 aliphatic rings. The Bertz CT molecular complexity index is 637. The van der Waals surface area contributed by atoms with Crippen LogP contribution in [0.15, 0.2) is 48.5 Å². The van der Waals surface area contributed by atoms with Crippen LogP contribution in [-0.4, -0.2) is 19.6 Å². The molecule has 4 nitrogen and oxygen atoms in total. The number of ether oxygens (including phenoxy) is 2. The van der Waals surface area contributed by atoms with E-state index >= 15 is 0 Å². The summed E-state index contributed by atoms with van der Waals surface area (Å²) in [7, 11) is 1.62. The third-order valence-corrected chi connectivity index (χ3v) is 3.56. The number of benzene rings is 2. The Morgan fingerprint density at radius 1 is 1.24 bits per heavy atom. The summed E-state index contributed by atoms with van der Waals surface area (Å²) in [6.07, 6.45) is 0.350. The van der Waals surface area contributed by atoms with Crippen LogP contribution in [0.4, 0.5) is 0 Å². The van der Waals surface area contributed by atoms with Gasteiger partial charge in [0.1, 0.15) is 18.1 Å². The quantitative estimate of drug-likeness (QED) is 0.937. The minimum atomic E-state index is -0.0630. The lowest BCUT2D eigenvalue weighted by Crippen LogP contribution is -2.30. The molecule has 0 spiro atoms. The first-order valence-electron chi connectivity index (χ1n) is 6.90. The van der Waals surface area contributed by atoms with E-state index in [0.717, 1.165) is 22.6 Å². The molecule has 4 heteroatoms. The number of methoxy groups -OCH3 is 1. The molecule has 0 aliphatic carbocycles. The minimum Gasteiger partial charge on any atom is -0.497 e. The highest BCUT2D eigenvalue weighted by atomic mass is 16.5. The highest BCUT2D eigenvalue weighted by Crippen LogP contribution is 2.31. The second kappa shape index (κ2) is 5.87. The molecule has 1 amide bonds. The van der Waals surface area contributed by atoms with Crippen molar-refractivity contribution in [2.45, 2.75) is 12.5 Å². The van der Waals surface area contributed by atoms with Crippen LogP contribution in [0.25, 0.3) is 0 Å². The highest BCUT2D eigenvalue weighted by Gasteiger charge is 2.24. The molecule has 21 heavy (non-hydrogen) atoms. The van der Waals surface area contributed by atoms with E-state index in [1.165, 1.54) is 0 Å². The molecular weight excluding hydrogens is 266 g/mol. The third kappa shape index (κ3) is 2.99. The lowest BCUT2D eigenvalue weighted by molar-refractivity contribution is -0.121. The average molecular weight is 283 g/mol. The van der Waals surface area contributed by atoms with Crippen LogP contribution >= 0.6 is 0 Å². The smallest absolute Gasteiger partial charge is 0.225 e. The summed E-state index contributed by atoms with van der Waals surface area (Å²) in [4.78, 5) is 12.1. The maximum absolute atomic E-state index is 12.1. The molecular formula is C17H17NO3. The van der Waals surface area contributed by atoms with Gasteiger partial charge in [-0.1, -0.05) is 30.3 Å². The Morgan fingerprint density at radius 3 is 2.76 bits per heavy atom. The van der Waals surface area contributed by atoms with E-state index in [0.29, 0.717) is 13.0 Å². The largest absolute Gasteiger partial charge is 0.497 e. The van der Waals surface area contributed by atoms with Crippen LogP contribution in [0.3, 0.4) is 0 Å². The van der Waals surface area contributed by atoms with Gasteiger partial charge in [-0.05, 0) is 23.8 Å². The van der Waals surface area contributed by atoms with Crippen LogP contribution in [-0.2, 0) is 11.2 Å². The number of fused-ring (bicyclic) bond motifs is 1. The van der Waals surface area contributed by atoms with Crippen LogP contribution < -0.4 is 14.8 Å². The normalized spacial score (nSPS) is 16.0. The number of carbonyl (C=O) groups is 1. The fourth-order valence-corrected chi connectivity index (χ4v) is 2.46. The van der Waals surface area contributed by atoms with Gasteiger partial charge in [-0.15, -0.1) is 0 Å². The van der Waals surface area contributed by atoms with Crippen molar-refractivity contribution >= 4 is 5.91 Å². The summed E-state index contributed by atoms with van der Waals surface area (Å²) in [6, 6.07) is 15.2. The van der Waals surface area contributed by atoms with Gasteiger partial charge in [0.05, 0.1) is 19.6 Å². The van der Waals surface area contributed by atoms with Gasteiger partial charge in [0.2, 0.25) is 5.91 Å². The van der Waals surface area contributed by atoms with E-state index < -0.39 is 0 Å². The molecule has 1 unspecified atom stereocenters. The van der Waals surface area contributed by atoms with Gasteiger partial charge < -0.3 is 14.8 Å². The Hall–Kier alpha value is -2.49. The van der Waals surface area contributed by atoms with Crippen LogP contribution in [0.2, 0.25) is 0 Å². The summed E-state index contributed by atoms with van der Waals surface area (Å²) in [5.74, 6) is 1.63. The second-order valence-electron chi connectivity index (χ2n) is 4.99. The van der Waals surface area contributed by atoms with Gasteiger partial charge >= 0.3 is 0 Å². The number of nitrogens with one attached hydrogen (secondary N) is 1. The van der Waals surface area contributed by atoms with E-state index in [9.17, 15) is 4.79 Å². The molecule has 0 radical (unpaired) electrons. The molecule has 1 N–H and O–H groups in total. The van der Waals surface area contributed by atoms with Crippen LogP contribution in [0.1, 0.15) is 17.2 Å².